The molecule has 0 unspecified atom stereocenters. The molecule has 0 saturated heterocycles. The maximum Gasteiger partial charge on any atom is 0.226 e. The summed E-state index contributed by atoms with van der Waals surface area (Å²) >= 11 is 4.92. The van der Waals surface area contributed by atoms with Gasteiger partial charge in [-0.25, -0.2) is 4.98 Å². The molecule has 1 heterocycles. The van der Waals surface area contributed by atoms with E-state index in [9.17, 15) is 4.79 Å². The van der Waals surface area contributed by atoms with Crippen molar-refractivity contribution >= 4 is 28.8 Å². The Hall–Kier alpha value is -2.21. The van der Waals surface area contributed by atoms with Gasteiger partial charge in [0.1, 0.15) is 10.8 Å². The molecule has 0 aliphatic heterocycles. The second-order valence-electron chi connectivity index (χ2n) is 4.63. The van der Waals surface area contributed by atoms with Crippen LogP contribution in [0.4, 0.5) is 5.69 Å². The minimum Gasteiger partial charge on any atom is -0.389 e. The standard InChI is InChI=1S/C15H18N4OS/c1-2-13-17-7-9-19(13)8-6-14(20)18-12-5-3-4-11(10-12)15(16)21/h3-5,7,9-10H,2,6,8H2,1H3,(H2,16,21)(H,18,20). The predicted molar refractivity (Wildman–Crippen MR) is 87.2 cm³/mol. The maximum absolute atomic E-state index is 12.0. The fourth-order valence-electron chi connectivity index (χ4n) is 2.05. The third kappa shape index (κ3) is 4.13. The molecular formula is C15H18N4OS. The van der Waals surface area contributed by atoms with Crippen molar-refractivity contribution in [2.24, 2.45) is 5.73 Å². The van der Waals surface area contributed by atoms with Gasteiger partial charge in [-0.2, -0.15) is 0 Å². The second-order valence-corrected chi connectivity index (χ2v) is 5.07. The SMILES string of the molecule is CCc1nccn1CCC(=O)Nc1cccc(C(N)=S)c1. The van der Waals surface area contributed by atoms with Crippen LogP contribution in [0.2, 0.25) is 0 Å². The monoisotopic (exact) mass is 302 g/mol. The van der Waals surface area contributed by atoms with Gasteiger partial charge in [0.05, 0.1) is 0 Å². The van der Waals surface area contributed by atoms with Gasteiger partial charge in [-0.3, -0.25) is 4.79 Å². The lowest BCUT2D eigenvalue weighted by Gasteiger charge is -2.08. The van der Waals surface area contributed by atoms with Crippen LogP contribution in [0.25, 0.3) is 0 Å². The van der Waals surface area contributed by atoms with E-state index < -0.39 is 0 Å². The number of benzene rings is 1. The fourth-order valence-corrected chi connectivity index (χ4v) is 2.18. The Balaban J connectivity index is 1.93. The third-order valence-electron chi connectivity index (χ3n) is 3.13. The molecule has 0 fully saturated rings. The lowest BCUT2D eigenvalue weighted by Crippen LogP contribution is -2.16. The molecular weight excluding hydrogens is 284 g/mol. The molecule has 1 amide bonds. The van der Waals surface area contributed by atoms with Crippen LogP contribution in [0, 0.1) is 0 Å². The Bertz CT molecular complexity index is 651. The number of nitrogens with one attached hydrogen (secondary N) is 1. The number of thiocarbonyl (C=S) groups is 1. The quantitative estimate of drug-likeness (QED) is 0.802. The molecule has 110 valence electrons. The molecule has 0 spiro atoms. The number of nitrogens with two attached hydrogens (primary N) is 1. The Morgan fingerprint density at radius 1 is 1.48 bits per heavy atom. The Morgan fingerprint density at radius 3 is 3.00 bits per heavy atom. The zero-order valence-corrected chi connectivity index (χ0v) is 12.7. The van der Waals surface area contributed by atoms with Crippen molar-refractivity contribution in [3.8, 4) is 0 Å². The van der Waals surface area contributed by atoms with E-state index in [2.05, 4.69) is 10.3 Å². The highest BCUT2D eigenvalue weighted by Crippen LogP contribution is 2.11. The number of imidazole rings is 1. The minimum absolute atomic E-state index is 0.0501. The van der Waals surface area contributed by atoms with Crippen molar-refractivity contribution in [3.63, 3.8) is 0 Å². The first-order valence-electron chi connectivity index (χ1n) is 6.80. The van der Waals surface area contributed by atoms with Crippen LogP contribution in [0.3, 0.4) is 0 Å². The highest BCUT2D eigenvalue weighted by molar-refractivity contribution is 7.80. The Labute approximate surface area is 129 Å². The molecule has 5 nitrogen and oxygen atoms in total. The van der Waals surface area contributed by atoms with E-state index in [4.69, 9.17) is 18.0 Å². The van der Waals surface area contributed by atoms with E-state index in [0.29, 0.717) is 23.6 Å². The van der Waals surface area contributed by atoms with Crippen LogP contribution in [0.5, 0.6) is 0 Å². The third-order valence-corrected chi connectivity index (χ3v) is 3.36. The summed E-state index contributed by atoms with van der Waals surface area (Å²) < 4.78 is 1.99. The molecule has 0 aliphatic carbocycles. The van der Waals surface area contributed by atoms with E-state index in [1.807, 2.05) is 35.9 Å². The molecule has 21 heavy (non-hydrogen) atoms. The highest BCUT2D eigenvalue weighted by Gasteiger charge is 2.06. The first-order valence-corrected chi connectivity index (χ1v) is 7.20. The molecule has 2 rings (SSSR count). The zero-order valence-electron chi connectivity index (χ0n) is 11.9. The number of amides is 1. The van der Waals surface area contributed by atoms with Gasteiger partial charge >= 0.3 is 0 Å². The van der Waals surface area contributed by atoms with Crippen LogP contribution in [0.15, 0.2) is 36.7 Å². The summed E-state index contributed by atoms with van der Waals surface area (Å²) in [5.74, 6) is 0.934. The van der Waals surface area contributed by atoms with Gasteiger partial charge in [0.25, 0.3) is 0 Å². The van der Waals surface area contributed by atoms with E-state index in [1.165, 1.54) is 0 Å². The van der Waals surface area contributed by atoms with E-state index in [-0.39, 0.29) is 5.91 Å². The average molecular weight is 302 g/mol. The van der Waals surface area contributed by atoms with E-state index in [1.54, 1.807) is 12.3 Å². The number of rotatable bonds is 6. The number of hydrogen-bond donors (Lipinski definition) is 2. The number of carbonyl (C=O) groups is 1. The molecule has 1 aromatic heterocycles. The van der Waals surface area contributed by atoms with Crippen LogP contribution < -0.4 is 11.1 Å². The van der Waals surface area contributed by atoms with Crippen LogP contribution >= 0.6 is 12.2 Å². The van der Waals surface area contributed by atoms with Gasteiger partial charge in [0.15, 0.2) is 0 Å². The highest BCUT2D eigenvalue weighted by atomic mass is 32.1. The zero-order chi connectivity index (χ0) is 15.2. The molecule has 0 atom stereocenters. The van der Waals surface area contributed by atoms with Gasteiger partial charge in [-0.15, -0.1) is 0 Å². The molecule has 0 radical (unpaired) electrons. The van der Waals surface area contributed by atoms with Crippen molar-refractivity contribution in [1.82, 2.24) is 9.55 Å². The normalized spacial score (nSPS) is 10.3. The smallest absolute Gasteiger partial charge is 0.226 e. The average Bonchev–Trinajstić information content (AvgIpc) is 2.93. The number of hydrogen-bond acceptors (Lipinski definition) is 3. The summed E-state index contributed by atoms with van der Waals surface area (Å²) in [6.07, 6.45) is 4.88. The lowest BCUT2D eigenvalue weighted by molar-refractivity contribution is -0.116. The molecule has 0 bridgehead atoms. The molecule has 1 aromatic carbocycles. The van der Waals surface area contributed by atoms with Crippen molar-refractivity contribution in [1.29, 1.82) is 0 Å². The fraction of sp³-hybridized carbons (Fsp3) is 0.267. The van der Waals surface area contributed by atoms with Crippen molar-refractivity contribution in [2.75, 3.05) is 5.32 Å². The lowest BCUT2D eigenvalue weighted by atomic mass is 10.2. The van der Waals surface area contributed by atoms with Crippen LogP contribution in [0.1, 0.15) is 24.7 Å². The number of nitrogens with zero attached hydrogens (tertiary/aromatic N) is 2. The maximum atomic E-state index is 12.0. The minimum atomic E-state index is -0.0501. The summed E-state index contributed by atoms with van der Waals surface area (Å²) in [7, 11) is 0. The van der Waals surface area contributed by atoms with E-state index in [0.717, 1.165) is 17.8 Å². The van der Waals surface area contributed by atoms with Crippen molar-refractivity contribution in [3.05, 3.63) is 48.0 Å². The number of carbonyl (C=O) groups excluding carboxylic acids is 1. The van der Waals surface area contributed by atoms with Gasteiger partial charge in [-0.05, 0) is 12.1 Å². The van der Waals surface area contributed by atoms with Gasteiger partial charge in [-0.1, -0.05) is 31.3 Å². The molecule has 6 heteroatoms. The summed E-state index contributed by atoms with van der Waals surface area (Å²) in [5.41, 5.74) is 7.02. The second kappa shape index (κ2) is 6.99. The molecule has 3 N–H and O–H groups in total. The Morgan fingerprint density at radius 2 is 2.29 bits per heavy atom. The topological polar surface area (TPSA) is 72.9 Å². The van der Waals surface area contributed by atoms with Gasteiger partial charge in [0, 0.05) is 43.0 Å². The first-order chi connectivity index (χ1) is 10.1. The molecule has 0 aliphatic rings. The number of aryl methyl sites for hydroxylation is 2. The summed E-state index contributed by atoms with van der Waals surface area (Å²) in [5, 5.41) is 2.85. The summed E-state index contributed by atoms with van der Waals surface area (Å²) in [6.45, 7) is 2.66. The number of aromatic nitrogens is 2. The first kappa shape index (κ1) is 15.2. The van der Waals surface area contributed by atoms with Gasteiger partial charge < -0.3 is 15.6 Å². The Kier molecular flexibility index (Phi) is 5.05. The van der Waals surface area contributed by atoms with E-state index >= 15 is 0 Å². The van der Waals surface area contributed by atoms with Crippen LogP contribution in [-0.2, 0) is 17.8 Å². The van der Waals surface area contributed by atoms with Crippen LogP contribution in [-0.4, -0.2) is 20.4 Å². The number of anilines is 1. The van der Waals surface area contributed by atoms with Crippen molar-refractivity contribution < 1.29 is 4.79 Å². The predicted octanol–water partition coefficient (Wildman–Crippen LogP) is 2.11. The molecule has 0 saturated carbocycles. The largest absolute Gasteiger partial charge is 0.389 e. The summed E-state index contributed by atoms with van der Waals surface area (Å²) in [6, 6.07) is 7.22. The molecule has 2 aromatic rings. The van der Waals surface area contributed by atoms with Crippen molar-refractivity contribution in [2.45, 2.75) is 26.3 Å². The summed E-state index contributed by atoms with van der Waals surface area (Å²) in [4.78, 5) is 16.5. The van der Waals surface area contributed by atoms with Gasteiger partial charge in [0.2, 0.25) is 5.91 Å².